The highest BCUT2D eigenvalue weighted by Gasteiger charge is 2.18. The number of nitrogens with one attached hydrogen (secondary N) is 1. The molecule has 0 saturated heterocycles. The van der Waals surface area contributed by atoms with Gasteiger partial charge in [0.2, 0.25) is 10.0 Å². The maximum absolute atomic E-state index is 12.1. The Hall–Kier alpha value is -1.59. The molecule has 0 fully saturated rings. The maximum atomic E-state index is 12.1. The van der Waals surface area contributed by atoms with Crippen molar-refractivity contribution in [2.24, 2.45) is 0 Å². The largest absolute Gasteiger partial charge is 0.280 e. The fourth-order valence-corrected chi connectivity index (χ4v) is 3.51. The van der Waals surface area contributed by atoms with E-state index in [1.165, 1.54) is 12.4 Å². The fraction of sp³-hybridized carbons (Fsp3) is 0.214. The number of rotatable bonds is 5. The zero-order chi connectivity index (χ0) is 14.6. The van der Waals surface area contributed by atoms with Crippen molar-refractivity contribution in [3.05, 3.63) is 59.4 Å². The quantitative estimate of drug-likeness (QED) is 0.922. The van der Waals surface area contributed by atoms with Crippen LogP contribution in [-0.2, 0) is 10.0 Å². The average Bonchev–Trinajstić information content (AvgIpc) is 2.41. The van der Waals surface area contributed by atoms with Crippen molar-refractivity contribution in [2.75, 3.05) is 10.5 Å². The number of pyridine rings is 1. The van der Waals surface area contributed by atoms with Crippen LogP contribution in [0.15, 0.2) is 48.8 Å². The third-order valence-electron chi connectivity index (χ3n) is 2.87. The van der Waals surface area contributed by atoms with Gasteiger partial charge in [-0.3, -0.25) is 9.71 Å². The summed E-state index contributed by atoms with van der Waals surface area (Å²) in [6.07, 6.45) is 2.90. The predicted octanol–water partition coefficient (Wildman–Crippen LogP) is 3.28. The molecule has 0 aliphatic rings. The maximum Gasteiger partial charge on any atom is 0.233 e. The Labute approximate surface area is 123 Å². The van der Waals surface area contributed by atoms with Gasteiger partial charge in [-0.2, -0.15) is 0 Å². The monoisotopic (exact) mass is 310 g/mol. The summed E-state index contributed by atoms with van der Waals surface area (Å²) in [6, 6.07) is 11.1. The van der Waals surface area contributed by atoms with E-state index in [1.807, 2.05) is 37.3 Å². The molecule has 1 aromatic heterocycles. The van der Waals surface area contributed by atoms with E-state index in [2.05, 4.69) is 9.71 Å². The van der Waals surface area contributed by atoms with E-state index in [4.69, 9.17) is 11.6 Å². The highest BCUT2D eigenvalue weighted by Crippen LogP contribution is 2.22. The first-order valence-corrected chi connectivity index (χ1v) is 8.16. The predicted molar refractivity (Wildman–Crippen MR) is 81.5 cm³/mol. The van der Waals surface area contributed by atoms with Crippen LogP contribution >= 0.6 is 11.6 Å². The van der Waals surface area contributed by atoms with Crippen LogP contribution in [0, 0.1) is 0 Å². The van der Waals surface area contributed by atoms with Crippen molar-refractivity contribution in [3.8, 4) is 0 Å². The number of hydrogen-bond acceptors (Lipinski definition) is 3. The first kappa shape index (κ1) is 14.8. The summed E-state index contributed by atoms with van der Waals surface area (Å²) < 4.78 is 26.7. The average molecular weight is 311 g/mol. The second-order valence-corrected chi connectivity index (χ2v) is 6.72. The van der Waals surface area contributed by atoms with E-state index < -0.39 is 10.0 Å². The number of benzene rings is 1. The van der Waals surface area contributed by atoms with Crippen LogP contribution in [0.2, 0.25) is 5.02 Å². The van der Waals surface area contributed by atoms with Gasteiger partial charge in [-0.1, -0.05) is 48.9 Å². The van der Waals surface area contributed by atoms with Gasteiger partial charge in [0.1, 0.15) is 0 Å². The van der Waals surface area contributed by atoms with Crippen LogP contribution in [-0.4, -0.2) is 19.2 Å². The van der Waals surface area contributed by atoms with Crippen molar-refractivity contribution in [3.63, 3.8) is 0 Å². The molecule has 0 aliphatic carbocycles. The van der Waals surface area contributed by atoms with Gasteiger partial charge < -0.3 is 0 Å². The van der Waals surface area contributed by atoms with E-state index in [0.717, 1.165) is 5.56 Å². The molecule has 1 N–H and O–H groups in total. The molecular weight excluding hydrogens is 296 g/mol. The molecule has 1 unspecified atom stereocenters. The SMILES string of the molecule is CC(CS(=O)(=O)Nc1cnccc1Cl)c1ccccc1. The highest BCUT2D eigenvalue weighted by atomic mass is 35.5. The van der Waals surface area contributed by atoms with E-state index in [0.29, 0.717) is 10.7 Å². The molecule has 1 heterocycles. The van der Waals surface area contributed by atoms with Crippen molar-refractivity contribution in [1.29, 1.82) is 0 Å². The molecule has 0 amide bonds. The Balaban J connectivity index is 2.10. The Kier molecular flexibility index (Phi) is 4.62. The lowest BCUT2D eigenvalue weighted by Gasteiger charge is -2.14. The molecule has 1 aromatic carbocycles. The summed E-state index contributed by atoms with van der Waals surface area (Å²) >= 11 is 5.92. The minimum atomic E-state index is -3.48. The van der Waals surface area contributed by atoms with Gasteiger partial charge in [0.15, 0.2) is 0 Å². The molecule has 0 bridgehead atoms. The minimum Gasteiger partial charge on any atom is -0.280 e. The van der Waals surface area contributed by atoms with Crippen molar-refractivity contribution in [1.82, 2.24) is 4.98 Å². The zero-order valence-corrected chi connectivity index (χ0v) is 12.5. The first-order chi connectivity index (χ1) is 9.48. The summed E-state index contributed by atoms with van der Waals surface area (Å²) in [4.78, 5) is 3.86. The Morgan fingerprint density at radius 1 is 1.25 bits per heavy atom. The van der Waals surface area contributed by atoms with Crippen molar-refractivity contribution < 1.29 is 8.42 Å². The number of halogens is 1. The minimum absolute atomic E-state index is 0.0117. The molecular formula is C14H15ClN2O2S. The van der Waals surface area contributed by atoms with Gasteiger partial charge in [0.25, 0.3) is 0 Å². The summed E-state index contributed by atoms with van der Waals surface area (Å²) in [5.74, 6) is -0.119. The van der Waals surface area contributed by atoms with Crippen LogP contribution in [0.3, 0.4) is 0 Å². The number of nitrogens with zero attached hydrogens (tertiary/aromatic N) is 1. The van der Waals surface area contributed by atoms with E-state index >= 15 is 0 Å². The molecule has 0 aliphatic heterocycles. The van der Waals surface area contributed by atoms with Crippen LogP contribution in [0.1, 0.15) is 18.4 Å². The topological polar surface area (TPSA) is 59.1 Å². The lowest BCUT2D eigenvalue weighted by molar-refractivity contribution is 0.595. The molecule has 2 rings (SSSR count). The molecule has 1 atom stereocenters. The van der Waals surface area contributed by atoms with Crippen molar-refractivity contribution in [2.45, 2.75) is 12.8 Å². The van der Waals surface area contributed by atoms with E-state index in [-0.39, 0.29) is 11.7 Å². The fourth-order valence-electron chi connectivity index (χ4n) is 1.87. The summed E-state index contributed by atoms with van der Waals surface area (Å²) in [5, 5.41) is 0.330. The summed E-state index contributed by atoms with van der Waals surface area (Å²) in [7, 11) is -3.48. The van der Waals surface area contributed by atoms with Crippen LogP contribution in [0.4, 0.5) is 5.69 Å². The van der Waals surface area contributed by atoms with Crippen LogP contribution < -0.4 is 4.72 Å². The number of hydrogen-bond donors (Lipinski definition) is 1. The molecule has 20 heavy (non-hydrogen) atoms. The van der Waals surface area contributed by atoms with E-state index in [1.54, 1.807) is 6.07 Å². The molecule has 106 valence electrons. The first-order valence-electron chi connectivity index (χ1n) is 6.13. The Bertz CT molecular complexity index is 675. The van der Waals surface area contributed by atoms with Gasteiger partial charge >= 0.3 is 0 Å². The number of aromatic nitrogens is 1. The van der Waals surface area contributed by atoms with Crippen LogP contribution in [0.25, 0.3) is 0 Å². The molecule has 0 spiro atoms. The number of sulfonamides is 1. The van der Waals surface area contributed by atoms with Crippen molar-refractivity contribution >= 4 is 27.3 Å². The van der Waals surface area contributed by atoms with Gasteiger partial charge in [0.05, 0.1) is 22.7 Å². The molecule has 0 saturated carbocycles. The Morgan fingerprint density at radius 2 is 1.95 bits per heavy atom. The lowest BCUT2D eigenvalue weighted by Crippen LogP contribution is -2.20. The second-order valence-electron chi connectivity index (χ2n) is 4.55. The molecule has 6 heteroatoms. The highest BCUT2D eigenvalue weighted by molar-refractivity contribution is 7.92. The molecule has 4 nitrogen and oxygen atoms in total. The standard InChI is InChI=1S/C14H15ClN2O2S/c1-11(12-5-3-2-4-6-12)10-20(18,19)17-14-9-16-8-7-13(14)15/h2-9,11,17H,10H2,1H3. The molecule has 0 radical (unpaired) electrons. The van der Waals surface area contributed by atoms with Gasteiger partial charge in [-0.15, -0.1) is 0 Å². The summed E-state index contributed by atoms with van der Waals surface area (Å²) in [6.45, 7) is 1.87. The van der Waals surface area contributed by atoms with Gasteiger partial charge in [-0.05, 0) is 17.5 Å². The second kappa shape index (κ2) is 6.24. The normalized spacial score (nSPS) is 12.9. The van der Waals surface area contributed by atoms with Gasteiger partial charge in [0, 0.05) is 6.20 Å². The third-order valence-corrected chi connectivity index (χ3v) is 4.67. The molecule has 2 aromatic rings. The Morgan fingerprint density at radius 3 is 2.60 bits per heavy atom. The van der Waals surface area contributed by atoms with Gasteiger partial charge in [-0.25, -0.2) is 8.42 Å². The summed E-state index contributed by atoms with van der Waals surface area (Å²) in [5.41, 5.74) is 1.28. The number of anilines is 1. The lowest BCUT2D eigenvalue weighted by atomic mass is 10.0. The third kappa shape index (κ3) is 3.95. The zero-order valence-electron chi connectivity index (χ0n) is 11.0. The van der Waals surface area contributed by atoms with Crippen LogP contribution in [0.5, 0.6) is 0 Å². The smallest absolute Gasteiger partial charge is 0.233 e. The van der Waals surface area contributed by atoms with E-state index in [9.17, 15) is 8.42 Å².